The van der Waals surface area contributed by atoms with Crippen LogP contribution in [0.2, 0.25) is 0 Å². The number of carbonyl (C=O) groups is 1. The Hall–Kier alpha value is -1.13. The number of fused-ring (bicyclic) bond motifs is 3. The van der Waals surface area contributed by atoms with Crippen LogP contribution in [0, 0.1) is 17.3 Å². The first-order valence-corrected chi connectivity index (χ1v) is 6.79. The van der Waals surface area contributed by atoms with Crippen LogP contribution in [0.4, 0.5) is 0 Å². The maximum atomic E-state index is 11.7. The summed E-state index contributed by atoms with van der Waals surface area (Å²) in [6, 6.07) is 0. The predicted molar refractivity (Wildman–Crippen MR) is 69.1 cm³/mol. The summed E-state index contributed by atoms with van der Waals surface area (Å²) in [4.78, 5) is 11.7. The molecule has 0 aromatic heterocycles. The molecule has 104 valence electrons. The topological polar surface area (TPSA) is 66.8 Å². The first-order valence-electron chi connectivity index (χ1n) is 6.79. The van der Waals surface area contributed by atoms with Crippen molar-refractivity contribution in [1.29, 1.82) is 0 Å². The fourth-order valence-electron chi connectivity index (χ4n) is 4.23. The van der Waals surface area contributed by atoms with Gasteiger partial charge in [0.1, 0.15) is 6.10 Å². The smallest absolute Gasteiger partial charge is 0.334 e. The summed E-state index contributed by atoms with van der Waals surface area (Å²) >= 11 is 0. The summed E-state index contributed by atoms with van der Waals surface area (Å²) in [5.41, 5.74) is 1.06. The van der Waals surface area contributed by atoms with Crippen LogP contribution in [-0.4, -0.2) is 34.5 Å². The van der Waals surface area contributed by atoms with Crippen molar-refractivity contribution in [2.45, 2.75) is 45.0 Å². The molecule has 6 atom stereocenters. The van der Waals surface area contributed by atoms with Crippen molar-refractivity contribution in [1.82, 2.24) is 0 Å². The van der Waals surface area contributed by atoms with E-state index in [0.717, 1.165) is 5.57 Å². The van der Waals surface area contributed by atoms with Crippen LogP contribution in [0.15, 0.2) is 23.8 Å². The molecule has 1 saturated carbocycles. The van der Waals surface area contributed by atoms with Gasteiger partial charge >= 0.3 is 5.97 Å². The molecule has 19 heavy (non-hydrogen) atoms. The van der Waals surface area contributed by atoms with Crippen LogP contribution in [0.5, 0.6) is 0 Å². The van der Waals surface area contributed by atoms with Crippen molar-refractivity contribution in [3.63, 3.8) is 0 Å². The lowest BCUT2D eigenvalue weighted by Gasteiger charge is -2.52. The predicted octanol–water partition coefficient (Wildman–Crippen LogP) is 1.18. The number of ether oxygens (including phenoxy) is 1. The standard InChI is InChI=1S/C15H20O4/c1-7-4-5-10(17)15(3)6-9(16)11-8(2)14(18)19-13(11)12(7)15/h4,9-13,16-17H,2,5-6H2,1,3H3/t9-,10-,11-,12-,13+,15+/m1/s1. The van der Waals surface area contributed by atoms with Crippen LogP contribution in [-0.2, 0) is 9.53 Å². The number of hydrogen-bond acceptors (Lipinski definition) is 4. The van der Waals surface area contributed by atoms with Crippen molar-refractivity contribution in [3.05, 3.63) is 23.8 Å². The Labute approximate surface area is 112 Å². The number of rotatable bonds is 0. The molecule has 0 aromatic rings. The molecule has 0 unspecified atom stereocenters. The average molecular weight is 264 g/mol. The van der Waals surface area contributed by atoms with Gasteiger partial charge in [0.2, 0.25) is 0 Å². The van der Waals surface area contributed by atoms with Gasteiger partial charge in [0.05, 0.1) is 18.1 Å². The second kappa shape index (κ2) is 3.93. The van der Waals surface area contributed by atoms with E-state index in [1.54, 1.807) is 0 Å². The molecule has 2 fully saturated rings. The third kappa shape index (κ3) is 1.56. The van der Waals surface area contributed by atoms with E-state index in [2.05, 4.69) is 6.58 Å². The molecule has 4 nitrogen and oxygen atoms in total. The lowest BCUT2D eigenvalue weighted by Crippen LogP contribution is -2.56. The lowest BCUT2D eigenvalue weighted by molar-refractivity contribution is -0.157. The van der Waals surface area contributed by atoms with E-state index in [0.29, 0.717) is 18.4 Å². The largest absolute Gasteiger partial charge is 0.458 e. The molecule has 0 amide bonds. The van der Waals surface area contributed by atoms with E-state index in [-0.39, 0.29) is 17.9 Å². The third-order valence-electron chi connectivity index (χ3n) is 5.28. The molecule has 4 heteroatoms. The summed E-state index contributed by atoms with van der Waals surface area (Å²) in [6.07, 6.45) is 1.51. The van der Waals surface area contributed by atoms with Gasteiger partial charge < -0.3 is 14.9 Å². The number of hydrogen-bond donors (Lipinski definition) is 2. The van der Waals surface area contributed by atoms with Crippen LogP contribution in [0.3, 0.4) is 0 Å². The molecule has 0 spiro atoms. The fraction of sp³-hybridized carbons (Fsp3) is 0.667. The highest BCUT2D eigenvalue weighted by atomic mass is 16.6. The Bertz CT molecular complexity index is 481. The van der Waals surface area contributed by atoms with Crippen LogP contribution in [0.25, 0.3) is 0 Å². The van der Waals surface area contributed by atoms with Crippen molar-refractivity contribution in [2.75, 3.05) is 0 Å². The van der Waals surface area contributed by atoms with E-state index in [9.17, 15) is 15.0 Å². The van der Waals surface area contributed by atoms with Gasteiger partial charge in [-0.1, -0.05) is 25.2 Å². The quantitative estimate of drug-likeness (QED) is 0.392. The van der Waals surface area contributed by atoms with Crippen LogP contribution < -0.4 is 0 Å². The molecule has 2 N–H and O–H groups in total. The molecular weight excluding hydrogens is 244 g/mol. The van der Waals surface area contributed by atoms with Gasteiger partial charge in [-0.2, -0.15) is 0 Å². The van der Waals surface area contributed by atoms with E-state index in [1.807, 2.05) is 19.9 Å². The number of aliphatic hydroxyl groups is 2. The van der Waals surface area contributed by atoms with E-state index in [4.69, 9.17) is 4.74 Å². The van der Waals surface area contributed by atoms with Gasteiger partial charge in [0, 0.05) is 16.9 Å². The molecule has 0 radical (unpaired) electrons. The zero-order chi connectivity index (χ0) is 13.9. The van der Waals surface area contributed by atoms with E-state index in [1.165, 1.54) is 0 Å². The zero-order valence-electron chi connectivity index (χ0n) is 11.3. The van der Waals surface area contributed by atoms with Crippen LogP contribution in [0.1, 0.15) is 26.7 Å². The highest BCUT2D eigenvalue weighted by Gasteiger charge is 2.60. The number of carbonyl (C=O) groups excluding carboxylic acids is 1. The first-order chi connectivity index (χ1) is 8.86. The third-order valence-corrected chi connectivity index (χ3v) is 5.28. The summed E-state index contributed by atoms with van der Waals surface area (Å²) in [5, 5.41) is 20.7. The minimum absolute atomic E-state index is 0.0344. The van der Waals surface area contributed by atoms with Crippen molar-refractivity contribution < 1.29 is 19.7 Å². The second-order valence-electron chi connectivity index (χ2n) is 6.38. The molecule has 1 saturated heterocycles. The van der Waals surface area contributed by atoms with Crippen molar-refractivity contribution in [3.8, 4) is 0 Å². The van der Waals surface area contributed by atoms with Gasteiger partial charge in [-0.05, 0) is 19.8 Å². The van der Waals surface area contributed by atoms with Gasteiger partial charge in [-0.15, -0.1) is 0 Å². The van der Waals surface area contributed by atoms with Gasteiger partial charge in [-0.3, -0.25) is 0 Å². The lowest BCUT2D eigenvalue weighted by atomic mass is 9.54. The maximum absolute atomic E-state index is 11.7. The Kier molecular flexibility index (Phi) is 2.67. The number of esters is 1. The Balaban J connectivity index is 2.08. The molecule has 1 aliphatic heterocycles. The molecule has 2 aliphatic carbocycles. The SMILES string of the molecule is C=C1C(=O)O[C@H]2[C@H]1[C@H](O)C[C@@]1(C)[C@H](O)CC=C(C)[C@H]21. The summed E-state index contributed by atoms with van der Waals surface area (Å²) in [7, 11) is 0. The van der Waals surface area contributed by atoms with Gasteiger partial charge in [0.15, 0.2) is 0 Å². The second-order valence-corrected chi connectivity index (χ2v) is 6.38. The minimum atomic E-state index is -0.675. The molecule has 3 rings (SSSR count). The van der Waals surface area contributed by atoms with E-state index >= 15 is 0 Å². The summed E-state index contributed by atoms with van der Waals surface area (Å²) in [6.45, 7) is 7.75. The Morgan fingerprint density at radius 3 is 2.84 bits per heavy atom. The molecule has 0 bridgehead atoms. The first kappa shape index (κ1) is 12.9. The molecule has 1 heterocycles. The van der Waals surface area contributed by atoms with E-state index < -0.39 is 23.6 Å². The molecular formula is C15H20O4. The monoisotopic (exact) mass is 264 g/mol. The highest BCUT2D eigenvalue weighted by Crippen LogP contribution is 2.56. The van der Waals surface area contributed by atoms with Gasteiger partial charge in [-0.25, -0.2) is 4.79 Å². The fourth-order valence-corrected chi connectivity index (χ4v) is 4.23. The normalized spacial score (nSPS) is 49.3. The average Bonchev–Trinajstić information content (AvgIpc) is 2.61. The number of aliphatic hydroxyl groups excluding tert-OH is 2. The highest BCUT2D eigenvalue weighted by molar-refractivity contribution is 5.91. The zero-order valence-corrected chi connectivity index (χ0v) is 11.3. The summed E-state index contributed by atoms with van der Waals surface area (Å²) < 4.78 is 5.45. The molecule has 0 aromatic carbocycles. The van der Waals surface area contributed by atoms with Gasteiger partial charge in [0.25, 0.3) is 0 Å². The molecule has 3 aliphatic rings. The maximum Gasteiger partial charge on any atom is 0.334 e. The van der Waals surface area contributed by atoms with Crippen molar-refractivity contribution in [2.24, 2.45) is 17.3 Å². The minimum Gasteiger partial charge on any atom is -0.458 e. The van der Waals surface area contributed by atoms with Crippen molar-refractivity contribution >= 4 is 5.97 Å². The van der Waals surface area contributed by atoms with Crippen LogP contribution >= 0.6 is 0 Å². The Morgan fingerprint density at radius 2 is 2.16 bits per heavy atom. The summed E-state index contributed by atoms with van der Waals surface area (Å²) in [5.74, 6) is -0.779. The Morgan fingerprint density at radius 1 is 1.47 bits per heavy atom.